The summed E-state index contributed by atoms with van der Waals surface area (Å²) in [4.78, 5) is 0. The van der Waals surface area contributed by atoms with Gasteiger partial charge in [0.15, 0.2) is 0 Å². The van der Waals surface area contributed by atoms with Gasteiger partial charge in [-0.3, -0.25) is 0 Å². The summed E-state index contributed by atoms with van der Waals surface area (Å²) in [6.45, 7) is 8.98. The zero-order valence-corrected chi connectivity index (χ0v) is 10.8. The molecule has 0 aliphatic heterocycles. The van der Waals surface area contributed by atoms with E-state index in [0.29, 0.717) is 5.75 Å². The highest BCUT2D eigenvalue weighted by molar-refractivity contribution is 5.52. The summed E-state index contributed by atoms with van der Waals surface area (Å²) in [5.74, 6) is 1.37. The average Bonchev–Trinajstić information content (AvgIpc) is 2.30. The minimum Gasteiger partial charge on any atom is -0.508 e. The van der Waals surface area contributed by atoms with Crippen LogP contribution in [0.3, 0.4) is 0 Å². The molecule has 0 aromatic heterocycles. The predicted molar refractivity (Wildman–Crippen MR) is 67.4 cm³/mol. The van der Waals surface area contributed by atoms with Gasteiger partial charge >= 0.3 is 0 Å². The third kappa shape index (κ3) is 2.49. The van der Waals surface area contributed by atoms with Gasteiger partial charge in [-0.15, -0.1) is 0 Å². The van der Waals surface area contributed by atoms with Gasteiger partial charge in [-0.2, -0.15) is 0 Å². The van der Waals surface area contributed by atoms with Crippen LogP contribution in [0.5, 0.6) is 11.5 Å². The van der Waals surface area contributed by atoms with E-state index in [2.05, 4.69) is 20.8 Å². The summed E-state index contributed by atoms with van der Waals surface area (Å²) in [5.41, 5.74) is 3.20. The van der Waals surface area contributed by atoms with Crippen LogP contribution >= 0.6 is 0 Å². The Kier molecular flexibility index (Phi) is 4.66. The summed E-state index contributed by atoms with van der Waals surface area (Å²) in [7, 11) is 0. The third-order valence-corrected chi connectivity index (χ3v) is 2.90. The molecule has 0 unspecified atom stereocenters. The Morgan fingerprint density at radius 3 is 2.38 bits per heavy atom. The summed E-state index contributed by atoms with van der Waals surface area (Å²) in [5, 5.41) is 9.84. The zero-order valence-electron chi connectivity index (χ0n) is 10.8. The van der Waals surface area contributed by atoms with E-state index in [9.17, 15) is 5.11 Å². The summed E-state index contributed by atoms with van der Waals surface area (Å²) in [6.07, 6.45) is 2.79. The first-order valence-electron chi connectivity index (χ1n) is 6.12. The topological polar surface area (TPSA) is 29.5 Å². The number of phenolic OH excluding ortho intramolecular Hbond substituents is 1. The summed E-state index contributed by atoms with van der Waals surface area (Å²) >= 11 is 0. The number of aryl methyl sites for hydroxylation is 1. The van der Waals surface area contributed by atoms with Crippen LogP contribution in [0.2, 0.25) is 0 Å². The van der Waals surface area contributed by atoms with E-state index in [0.717, 1.165) is 48.3 Å². The molecular formula is C14H22O2. The largest absolute Gasteiger partial charge is 0.508 e. The third-order valence-electron chi connectivity index (χ3n) is 2.90. The smallest absolute Gasteiger partial charge is 0.126 e. The van der Waals surface area contributed by atoms with Crippen molar-refractivity contribution in [1.82, 2.24) is 0 Å². The minimum absolute atomic E-state index is 0.387. The van der Waals surface area contributed by atoms with Crippen molar-refractivity contribution in [2.75, 3.05) is 6.61 Å². The second-order valence-corrected chi connectivity index (χ2v) is 4.04. The molecule has 0 aliphatic rings. The molecule has 1 N–H and O–H groups in total. The first-order chi connectivity index (χ1) is 7.65. The minimum atomic E-state index is 0.387. The number of phenols is 1. The van der Waals surface area contributed by atoms with E-state index < -0.39 is 0 Å². The lowest BCUT2D eigenvalue weighted by Crippen LogP contribution is -2.04. The first-order valence-corrected chi connectivity index (χ1v) is 6.12. The Bertz CT molecular complexity index is 356. The molecule has 2 nitrogen and oxygen atoms in total. The zero-order chi connectivity index (χ0) is 12.1. The lowest BCUT2D eigenvalue weighted by molar-refractivity contribution is 0.310. The Morgan fingerprint density at radius 1 is 1.19 bits per heavy atom. The van der Waals surface area contributed by atoms with Crippen molar-refractivity contribution >= 4 is 0 Å². The summed E-state index contributed by atoms with van der Waals surface area (Å²) in [6, 6.07) is 1.83. The van der Waals surface area contributed by atoms with Crippen LogP contribution in [0.15, 0.2) is 6.07 Å². The van der Waals surface area contributed by atoms with Crippen LogP contribution in [0.4, 0.5) is 0 Å². The van der Waals surface area contributed by atoms with Gasteiger partial charge in [0.25, 0.3) is 0 Å². The number of hydrogen-bond acceptors (Lipinski definition) is 2. The van der Waals surface area contributed by atoms with Gasteiger partial charge in [-0.05, 0) is 43.4 Å². The van der Waals surface area contributed by atoms with E-state index >= 15 is 0 Å². The number of benzene rings is 1. The van der Waals surface area contributed by atoms with E-state index in [1.54, 1.807) is 0 Å². The summed E-state index contributed by atoms with van der Waals surface area (Å²) < 4.78 is 5.82. The Labute approximate surface area is 98.3 Å². The van der Waals surface area contributed by atoms with Crippen LogP contribution in [0.1, 0.15) is 43.9 Å². The van der Waals surface area contributed by atoms with Gasteiger partial charge in [0.2, 0.25) is 0 Å². The average molecular weight is 222 g/mol. The van der Waals surface area contributed by atoms with E-state index in [4.69, 9.17) is 4.74 Å². The number of hydrogen-bond donors (Lipinski definition) is 1. The number of rotatable bonds is 5. The van der Waals surface area contributed by atoms with Crippen LogP contribution in [-0.4, -0.2) is 11.7 Å². The van der Waals surface area contributed by atoms with Crippen molar-refractivity contribution in [3.63, 3.8) is 0 Å². The maximum absolute atomic E-state index is 9.84. The number of ether oxygens (including phenoxy) is 1. The molecule has 0 amide bonds. The van der Waals surface area contributed by atoms with Gasteiger partial charge in [0.1, 0.15) is 11.5 Å². The van der Waals surface area contributed by atoms with Crippen LogP contribution in [0, 0.1) is 6.92 Å². The lowest BCUT2D eigenvalue weighted by atomic mass is 9.98. The maximum atomic E-state index is 9.84. The molecule has 0 saturated heterocycles. The lowest BCUT2D eigenvalue weighted by Gasteiger charge is -2.17. The molecule has 16 heavy (non-hydrogen) atoms. The molecule has 0 aliphatic carbocycles. The Hall–Kier alpha value is -1.18. The van der Waals surface area contributed by atoms with Crippen molar-refractivity contribution in [3.8, 4) is 11.5 Å². The van der Waals surface area contributed by atoms with Crippen molar-refractivity contribution in [1.29, 1.82) is 0 Å². The molecular weight excluding hydrogens is 200 g/mol. The molecule has 0 spiro atoms. The van der Waals surface area contributed by atoms with Crippen LogP contribution < -0.4 is 4.74 Å². The molecule has 0 saturated carbocycles. The molecule has 0 heterocycles. The molecule has 1 rings (SSSR count). The van der Waals surface area contributed by atoms with Gasteiger partial charge in [0.05, 0.1) is 6.61 Å². The van der Waals surface area contributed by atoms with Gasteiger partial charge in [0, 0.05) is 5.56 Å². The fraction of sp³-hybridized carbons (Fsp3) is 0.571. The molecule has 1 aromatic carbocycles. The van der Waals surface area contributed by atoms with E-state index in [1.165, 1.54) is 0 Å². The Morgan fingerprint density at radius 2 is 1.88 bits per heavy atom. The van der Waals surface area contributed by atoms with Crippen molar-refractivity contribution in [2.45, 2.75) is 47.0 Å². The predicted octanol–water partition coefficient (Wildman–Crippen LogP) is 3.61. The highest BCUT2D eigenvalue weighted by atomic mass is 16.5. The molecule has 2 heteroatoms. The highest BCUT2D eigenvalue weighted by Crippen LogP contribution is 2.34. The van der Waals surface area contributed by atoms with Crippen molar-refractivity contribution < 1.29 is 9.84 Å². The fourth-order valence-corrected chi connectivity index (χ4v) is 1.93. The molecule has 0 fully saturated rings. The molecule has 90 valence electrons. The fourth-order valence-electron chi connectivity index (χ4n) is 1.93. The second kappa shape index (κ2) is 5.78. The van der Waals surface area contributed by atoms with Crippen molar-refractivity contribution in [3.05, 3.63) is 22.8 Å². The van der Waals surface area contributed by atoms with Gasteiger partial charge < -0.3 is 9.84 Å². The van der Waals surface area contributed by atoms with Gasteiger partial charge in [-0.1, -0.05) is 20.8 Å². The highest BCUT2D eigenvalue weighted by Gasteiger charge is 2.14. The van der Waals surface area contributed by atoms with E-state index in [-0.39, 0.29) is 0 Å². The van der Waals surface area contributed by atoms with Gasteiger partial charge in [-0.25, -0.2) is 0 Å². The molecule has 0 radical (unpaired) electrons. The van der Waals surface area contributed by atoms with Crippen LogP contribution in [-0.2, 0) is 12.8 Å². The number of aromatic hydroxyl groups is 1. The standard InChI is InChI=1S/C14H22O2/c1-5-8-16-14-11(6-2)9-13(15)10(4)12(14)7-3/h9,15H,5-8H2,1-4H3. The van der Waals surface area contributed by atoms with Crippen LogP contribution in [0.25, 0.3) is 0 Å². The Balaban J connectivity index is 3.23. The SMILES string of the molecule is CCCOc1c(CC)cc(O)c(C)c1CC. The van der Waals surface area contributed by atoms with E-state index in [1.807, 2.05) is 13.0 Å². The molecule has 1 aromatic rings. The maximum Gasteiger partial charge on any atom is 0.126 e. The molecule has 0 atom stereocenters. The molecule has 0 bridgehead atoms. The first kappa shape index (κ1) is 12.9. The quantitative estimate of drug-likeness (QED) is 0.824. The monoisotopic (exact) mass is 222 g/mol. The second-order valence-electron chi connectivity index (χ2n) is 4.04. The van der Waals surface area contributed by atoms with Crippen molar-refractivity contribution in [2.24, 2.45) is 0 Å². The normalized spacial score (nSPS) is 10.5.